The third-order valence-electron chi connectivity index (χ3n) is 4.11. The van der Waals surface area contributed by atoms with Gasteiger partial charge < -0.3 is 9.47 Å². The Balaban J connectivity index is 1.97. The third-order valence-corrected chi connectivity index (χ3v) is 7.41. The van der Waals surface area contributed by atoms with Crippen molar-refractivity contribution in [3.8, 4) is 5.75 Å². The summed E-state index contributed by atoms with van der Waals surface area (Å²) in [6.07, 6.45) is 0. The number of ether oxygens (including phenoxy) is 2. The monoisotopic (exact) mass is 430 g/mol. The van der Waals surface area contributed by atoms with Gasteiger partial charge in [-0.1, -0.05) is 6.07 Å². The number of nitrogens with zero attached hydrogens (tertiary/aromatic N) is 1. The van der Waals surface area contributed by atoms with E-state index in [9.17, 15) is 21.2 Å². The van der Waals surface area contributed by atoms with E-state index in [-0.39, 0.29) is 47.5 Å². The van der Waals surface area contributed by atoms with Crippen LogP contribution in [0.1, 0.15) is 0 Å². The number of rotatable bonds is 6. The van der Waals surface area contributed by atoms with Gasteiger partial charge in [-0.2, -0.15) is 4.31 Å². The summed E-state index contributed by atoms with van der Waals surface area (Å²) in [5.74, 6) is -0.617. The smallest absolute Gasteiger partial charge is 0.261 e. The predicted octanol–water partition coefficient (Wildman–Crippen LogP) is 1.66. The zero-order chi connectivity index (χ0) is 20.4. The molecule has 1 saturated heterocycles. The molecular weight excluding hydrogens is 411 g/mol. The number of nitrogens with one attached hydrogen (secondary N) is 1. The summed E-state index contributed by atoms with van der Waals surface area (Å²) in [4.78, 5) is -0.447. The van der Waals surface area contributed by atoms with Gasteiger partial charge in [-0.05, 0) is 36.4 Å². The van der Waals surface area contributed by atoms with Crippen molar-refractivity contribution in [2.45, 2.75) is 9.79 Å². The Morgan fingerprint density at radius 2 is 1.79 bits per heavy atom. The summed E-state index contributed by atoms with van der Waals surface area (Å²) >= 11 is 0. The Labute approximate surface area is 163 Å². The second-order valence-corrected chi connectivity index (χ2v) is 9.53. The molecule has 2 aromatic carbocycles. The Kier molecular flexibility index (Phi) is 5.89. The Morgan fingerprint density at radius 1 is 1.07 bits per heavy atom. The van der Waals surface area contributed by atoms with Crippen LogP contribution in [0.4, 0.5) is 10.1 Å². The van der Waals surface area contributed by atoms with Gasteiger partial charge in [0.1, 0.15) is 16.5 Å². The normalized spacial score (nSPS) is 15.9. The molecule has 11 heteroatoms. The van der Waals surface area contributed by atoms with Crippen molar-refractivity contribution in [1.29, 1.82) is 0 Å². The van der Waals surface area contributed by atoms with Gasteiger partial charge in [0.2, 0.25) is 10.0 Å². The van der Waals surface area contributed by atoms with Crippen molar-refractivity contribution >= 4 is 25.7 Å². The average Bonchev–Trinajstić information content (AvgIpc) is 2.68. The molecule has 28 heavy (non-hydrogen) atoms. The summed E-state index contributed by atoms with van der Waals surface area (Å²) in [5, 5.41) is 0. The van der Waals surface area contributed by atoms with Crippen molar-refractivity contribution in [3.05, 3.63) is 48.3 Å². The number of hydrogen-bond donors (Lipinski definition) is 1. The van der Waals surface area contributed by atoms with Crippen LogP contribution in [-0.2, 0) is 24.8 Å². The maximum absolute atomic E-state index is 13.4. The quantitative estimate of drug-likeness (QED) is 0.748. The minimum atomic E-state index is -4.10. The van der Waals surface area contributed by atoms with E-state index in [2.05, 4.69) is 4.72 Å². The van der Waals surface area contributed by atoms with Crippen LogP contribution in [0.15, 0.2) is 52.3 Å². The molecule has 8 nitrogen and oxygen atoms in total. The van der Waals surface area contributed by atoms with Crippen LogP contribution in [0, 0.1) is 5.82 Å². The van der Waals surface area contributed by atoms with Crippen molar-refractivity contribution in [1.82, 2.24) is 4.31 Å². The minimum absolute atomic E-state index is 0.0110. The highest BCUT2D eigenvalue weighted by molar-refractivity contribution is 7.92. The molecule has 0 saturated carbocycles. The molecule has 1 heterocycles. The molecule has 0 bridgehead atoms. The Hall–Kier alpha value is -2.21. The second-order valence-electron chi connectivity index (χ2n) is 5.94. The molecule has 1 aliphatic rings. The van der Waals surface area contributed by atoms with Crippen LogP contribution in [0.2, 0.25) is 0 Å². The number of morpholine rings is 1. The van der Waals surface area contributed by atoms with E-state index in [0.29, 0.717) is 0 Å². The molecule has 1 N–H and O–H groups in total. The fraction of sp³-hybridized carbons (Fsp3) is 0.294. The highest BCUT2D eigenvalue weighted by Crippen LogP contribution is 2.31. The standard InChI is InChI=1S/C17H19FN2O6S2/c1-25-16-6-5-14(19-27(21,22)15-4-2-3-13(18)11-15)12-17(16)28(23,24)20-7-9-26-10-8-20/h2-6,11-12,19H,7-10H2,1H3. The van der Waals surface area contributed by atoms with E-state index in [0.717, 1.165) is 12.1 Å². The molecule has 0 amide bonds. The number of benzene rings is 2. The van der Waals surface area contributed by atoms with E-state index < -0.39 is 25.9 Å². The summed E-state index contributed by atoms with van der Waals surface area (Å²) in [5.41, 5.74) is 0.0110. The summed E-state index contributed by atoms with van der Waals surface area (Å²) in [7, 11) is -6.70. The van der Waals surface area contributed by atoms with E-state index in [1.807, 2.05) is 0 Å². The largest absolute Gasteiger partial charge is 0.495 e. The molecule has 152 valence electrons. The van der Waals surface area contributed by atoms with Crippen LogP contribution in [0.3, 0.4) is 0 Å². The first-order chi connectivity index (χ1) is 13.2. The summed E-state index contributed by atoms with van der Waals surface area (Å²) in [6, 6.07) is 8.41. The SMILES string of the molecule is COc1ccc(NS(=O)(=O)c2cccc(F)c2)cc1S(=O)(=O)N1CCOCC1. The van der Waals surface area contributed by atoms with Gasteiger partial charge in [0.05, 0.1) is 30.9 Å². The molecule has 0 aliphatic carbocycles. The maximum atomic E-state index is 13.4. The molecule has 1 aliphatic heterocycles. The molecular formula is C17H19FN2O6S2. The van der Waals surface area contributed by atoms with Crippen LogP contribution in [0.5, 0.6) is 5.75 Å². The molecule has 2 aromatic rings. The number of anilines is 1. The van der Waals surface area contributed by atoms with E-state index in [4.69, 9.17) is 9.47 Å². The van der Waals surface area contributed by atoms with Gasteiger partial charge in [-0.15, -0.1) is 0 Å². The molecule has 0 atom stereocenters. The molecule has 0 aromatic heterocycles. The fourth-order valence-electron chi connectivity index (χ4n) is 2.72. The van der Waals surface area contributed by atoms with Crippen molar-refractivity contribution < 1.29 is 30.7 Å². The first-order valence-electron chi connectivity index (χ1n) is 8.28. The van der Waals surface area contributed by atoms with Crippen LogP contribution in [-0.4, -0.2) is 54.6 Å². The Bertz CT molecular complexity index is 1070. The topological polar surface area (TPSA) is 102 Å². The highest BCUT2D eigenvalue weighted by Gasteiger charge is 2.30. The lowest BCUT2D eigenvalue weighted by atomic mass is 10.3. The minimum Gasteiger partial charge on any atom is -0.495 e. The molecule has 0 spiro atoms. The zero-order valence-electron chi connectivity index (χ0n) is 15.0. The Morgan fingerprint density at radius 3 is 2.43 bits per heavy atom. The average molecular weight is 430 g/mol. The summed E-state index contributed by atoms with van der Waals surface area (Å²) in [6.45, 7) is 0.913. The van der Waals surface area contributed by atoms with E-state index >= 15 is 0 Å². The van der Waals surface area contributed by atoms with Crippen LogP contribution < -0.4 is 9.46 Å². The van der Waals surface area contributed by atoms with Gasteiger partial charge in [-0.3, -0.25) is 4.72 Å². The van der Waals surface area contributed by atoms with Crippen LogP contribution >= 0.6 is 0 Å². The van der Waals surface area contributed by atoms with Gasteiger partial charge >= 0.3 is 0 Å². The maximum Gasteiger partial charge on any atom is 0.261 e. The van der Waals surface area contributed by atoms with Crippen LogP contribution in [0.25, 0.3) is 0 Å². The van der Waals surface area contributed by atoms with Crippen molar-refractivity contribution in [2.24, 2.45) is 0 Å². The van der Waals surface area contributed by atoms with Gasteiger partial charge in [0.25, 0.3) is 10.0 Å². The molecule has 0 unspecified atom stereocenters. The lowest BCUT2D eigenvalue weighted by molar-refractivity contribution is 0.0729. The van der Waals surface area contributed by atoms with Crippen molar-refractivity contribution in [2.75, 3.05) is 38.1 Å². The van der Waals surface area contributed by atoms with Gasteiger partial charge in [0.15, 0.2) is 0 Å². The van der Waals surface area contributed by atoms with Gasteiger partial charge in [-0.25, -0.2) is 21.2 Å². The van der Waals surface area contributed by atoms with E-state index in [1.54, 1.807) is 0 Å². The second kappa shape index (κ2) is 8.03. The highest BCUT2D eigenvalue weighted by atomic mass is 32.2. The molecule has 0 radical (unpaired) electrons. The van der Waals surface area contributed by atoms with Crippen molar-refractivity contribution in [3.63, 3.8) is 0 Å². The van der Waals surface area contributed by atoms with E-state index in [1.165, 1.54) is 41.7 Å². The number of methoxy groups -OCH3 is 1. The molecule has 1 fully saturated rings. The summed E-state index contributed by atoms with van der Waals surface area (Å²) < 4.78 is 78.1. The number of halogens is 1. The molecule has 3 rings (SSSR count). The lowest BCUT2D eigenvalue weighted by Gasteiger charge is -2.26. The van der Waals surface area contributed by atoms with Gasteiger partial charge in [0, 0.05) is 13.1 Å². The first-order valence-corrected chi connectivity index (χ1v) is 11.2. The first kappa shape index (κ1) is 20.5. The third kappa shape index (κ3) is 4.27. The lowest BCUT2D eigenvalue weighted by Crippen LogP contribution is -2.40. The number of sulfonamides is 2. The predicted molar refractivity (Wildman–Crippen MR) is 99.8 cm³/mol. The number of hydrogen-bond acceptors (Lipinski definition) is 6. The fourth-order valence-corrected chi connectivity index (χ4v) is 5.39. The zero-order valence-corrected chi connectivity index (χ0v) is 16.6.